The van der Waals surface area contributed by atoms with Gasteiger partial charge in [-0.1, -0.05) is 18.2 Å². The lowest BCUT2D eigenvalue weighted by Crippen LogP contribution is -2.45. The highest BCUT2D eigenvalue weighted by atomic mass is 35.5. The number of para-hydroxylation sites is 1. The maximum atomic E-state index is 12.5. The largest absolute Gasteiger partial charge is 0.342 e. The number of aromatic nitrogens is 2. The molecule has 3 rings (SSSR count). The topological polar surface area (TPSA) is 64.2 Å². The van der Waals surface area contributed by atoms with E-state index < -0.39 is 0 Å². The number of nitrogens with zero attached hydrogens (tertiary/aromatic N) is 3. The maximum Gasteiger partial charge on any atom is 0.227 e. The van der Waals surface area contributed by atoms with Crippen molar-refractivity contribution in [1.29, 1.82) is 0 Å². The molecule has 1 aromatic carbocycles. The quantitative estimate of drug-likeness (QED) is 0.922. The fraction of sp³-hybridized carbons (Fsp3) is 0.444. The molecule has 0 saturated carbocycles. The normalized spacial score (nSPS) is 18.8. The highest BCUT2D eigenvalue weighted by Gasteiger charge is 2.25. The Balaban J connectivity index is 0.00000208. The second kappa shape index (κ2) is 8.31. The van der Waals surface area contributed by atoms with Crippen LogP contribution in [0.1, 0.15) is 25.3 Å². The molecule has 0 spiro atoms. The Kier molecular flexibility index (Phi) is 6.40. The fourth-order valence-electron chi connectivity index (χ4n) is 3.13. The van der Waals surface area contributed by atoms with Gasteiger partial charge in [0.1, 0.15) is 0 Å². The van der Waals surface area contributed by atoms with Gasteiger partial charge < -0.3 is 10.6 Å². The highest BCUT2D eigenvalue weighted by Crippen LogP contribution is 2.19. The van der Waals surface area contributed by atoms with Gasteiger partial charge in [0, 0.05) is 25.3 Å². The Labute approximate surface area is 149 Å². The molecule has 1 aliphatic heterocycles. The van der Waals surface area contributed by atoms with Crippen LogP contribution in [0.15, 0.2) is 42.7 Å². The summed E-state index contributed by atoms with van der Waals surface area (Å²) in [5, 5.41) is 4.35. The molecule has 2 aromatic rings. The second-order valence-electron chi connectivity index (χ2n) is 6.41. The first kappa shape index (κ1) is 18.5. The summed E-state index contributed by atoms with van der Waals surface area (Å²) in [7, 11) is 0. The molecule has 0 radical (unpaired) electrons. The van der Waals surface area contributed by atoms with Gasteiger partial charge in [0.15, 0.2) is 0 Å². The average molecular weight is 349 g/mol. The van der Waals surface area contributed by atoms with Crippen molar-refractivity contribution in [2.75, 3.05) is 13.1 Å². The van der Waals surface area contributed by atoms with Crippen molar-refractivity contribution in [3.63, 3.8) is 0 Å². The third-order valence-electron chi connectivity index (χ3n) is 4.57. The van der Waals surface area contributed by atoms with Crippen LogP contribution in [-0.4, -0.2) is 39.7 Å². The molecule has 6 heteroatoms. The molecule has 1 aromatic heterocycles. The predicted molar refractivity (Wildman–Crippen MR) is 97.5 cm³/mol. The standard InChI is InChI=1S/C18H24N4O.ClH/c1-14(19)16-6-5-9-21(13-16)18(23)10-15-11-20-22(12-15)17-7-3-2-4-8-17;/h2-4,7-8,11-12,14,16H,5-6,9-10,13,19H2,1H3;1H. The van der Waals surface area contributed by atoms with Crippen molar-refractivity contribution in [2.45, 2.75) is 32.2 Å². The molecule has 5 nitrogen and oxygen atoms in total. The molecule has 0 aliphatic carbocycles. The van der Waals surface area contributed by atoms with Crippen molar-refractivity contribution in [3.05, 3.63) is 48.3 Å². The first-order valence-corrected chi connectivity index (χ1v) is 8.26. The molecule has 2 N–H and O–H groups in total. The van der Waals surface area contributed by atoms with Crippen molar-refractivity contribution >= 4 is 18.3 Å². The Morgan fingerprint density at radius 1 is 1.38 bits per heavy atom. The van der Waals surface area contributed by atoms with Gasteiger partial charge in [-0.15, -0.1) is 12.4 Å². The summed E-state index contributed by atoms with van der Waals surface area (Å²) in [5.74, 6) is 0.586. The molecular formula is C18H25ClN4O. The third kappa shape index (κ3) is 4.36. The van der Waals surface area contributed by atoms with Crippen LogP contribution < -0.4 is 5.73 Å². The van der Waals surface area contributed by atoms with Crippen molar-refractivity contribution in [1.82, 2.24) is 14.7 Å². The number of halogens is 1. The maximum absolute atomic E-state index is 12.5. The number of carbonyl (C=O) groups excluding carboxylic acids is 1. The van der Waals surface area contributed by atoms with E-state index in [9.17, 15) is 4.79 Å². The van der Waals surface area contributed by atoms with E-state index in [1.165, 1.54) is 0 Å². The van der Waals surface area contributed by atoms with Gasteiger partial charge in [-0.25, -0.2) is 4.68 Å². The minimum atomic E-state index is 0. The lowest BCUT2D eigenvalue weighted by atomic mass is 9.92. The van der Waals surface area contributed by atoms with E-state index in [2.05, 4.69) is 5.10 Å². The average Bonchev–Trinajstić information content (AvgIpc) is 3.04. The van der Waals surface area contributed by atoms with Gasteiger partial charge in [-0.05, 0) is 43.4 Å². The summed E-state index contributed by atoms with van der Waals surface area (Å²) < 4.78 is 1.81. The molecule has 24 heavy (non-hydrogen) atoms. The Morgan fingerprint density at radius 2 is 2.12 bits per heavy atom. The van der Waals surface area contributed by atoms with Crippen molar-refractivity contribution in [2.24, 2.45) is 11.7 Å². The number of rotatable bonds is 4. The number of likely N-dealkylation sites (tertiary alicyclic amines) is 1. The number of hydrogen-bond donors (Lipinski definition) is 1. The first-order chi connectivity index (χ1) is 11.1. The van der Waals surface area contributed by atoms with Gasteiger partial charge >= 0.3 is 0 Å². The minimum absolute atomic E-state index is 0. The number of benzene rings is 1. The van der Waals surface area contributed by atoms with Gasteiger partial charge in [-0.3, -0.25) is 4.79 Å². The second-order valence-corrected chi connectivity index (χ2v) is 6.41. The Bertz CT molecular complexity index is 656. The monoisotopic (exact) mass is 348 g/mol. The van der Waals surface area contributed by atoms with Crippen LogP contribution >= 0.6 is 12.4 Å². The third-order valence-corrected chi connectivity index (χ3v) is 4.57. The summed E-state index contributed by atoms with van der Waals surface area (Å²) in [6.45, 7) is 3.65. The van der Waals surface area contributed by atoms with Crippen molar-refractivity contribution < 1.29 is 4.79 Å². The number of amides is 1. The Morgan fingerprint density at radius 3 is 2.83 bits per heavy atom. The van der Waals surface area contributed by atoms with E-state index >= 15 is 0 Å². The smallest absolute Gasteiger partial charge is 0.227 e. The zero-order valence-electron chi connectivity index (χ0n) is 14.0. The van der Waals surface area contributed by atoms with Gasteiger partial charge in [0.25, 0.3) is 0 Å². The Hall–Kier alpha value is -1.85. The zero-order chi connectivity index (χ0) is 16.2. The number of piperidine rings is 1. The van der Waals surface area contributed by atoms with E-state index in [-0.39, 0.29) is 24.4 Å². The lowest BCUT2D eigenvalue weighted by Gasteiger charge is -2.34. The van der Waals surface area contributed by atoms with Crippen LogP contribution in [0.4, 0.5) is 0 Å². The molecule has 2 heterocycles. The molecule has 1 saturated heterocycles. The van der Waals surface area contributed by atoms with Crippen LogP contribution in [0.5, 0.6) is 0 Å². The molecule has 130 valence electrons. The summed E-state index contributed by atoms with van der Waals surface area (Å²) >= 11 is 0. The number of nitrogens with two attached hydrogens (primary N) is 1. The first-order valence-electron chi connectivity index (χ1n) is 8.26. The molecule has 1 fully saturated rings. The van der Waals surface area contributed by atoms with E-state index in [1.54, 1.807) is 6.20 Å². The van der Waals surface area contributed by atoms with Crippen LogP contribution in [0.25, 0.3) is 5.69 Å². The van der Waals surface area contributed by atoms with E-state index in [1.807, 2.05) is 53.0 Å². The summed E-state index contributed by atoms with van der Waals surface area (Å²) in [6.07, 6.45) is 6.27. The van der Waals surface area contributed by atoms with Crippen molar-refractivity contribution in [3.8, 4) is 5.69 Å². The van der Waals surface area contributed by atoms with E-state index in [4.69, 9.17) is 5.73 Å². The summed E-state index contributed by atoms with van der Waals surface area (Å²) in [5.41, 5.74) is 7.95. The van der Waals surface area contributed by atoms with Crippen LogP contribution in [0.3, 0.4) is 0 Å². The summed E-state index contributed by atoms with van der Waals surface area (Å²) in [4.78, 5) is 14.5. The predicted octanol–water partition coefficient (Wildman–Crippen LogP) is 2.42. The molecule has 1 amide bonds. The van der Waals surface area contributed by atoms with Gasteiger partial charge in [0.2, 0.25) is 5.91 Å². The molecule has 0 bridgehead atoms. The number of carbonyl (C=O) groups is 1. The van der Waals surface area contributed by atoms with Crippen LogP contribution in [-0.2, 0) is 11.2 Å². The molecule has 1 aliphatic rings. The number of hydrogen-bond acceptors (Lipinski definition) is 3. The molecular weight excluding hydrogens is 324 g/mol. The lowest BCUT2D eigenvalue weighted by molar-refractivity contribution is -0.132. The molecule has 2 unspecified atom stereocenters. The van der Waals surface area contributed by atoms with Gasteiger partial charge in [-0.2, -0.15) is 5.10 Å². The van der Waals surface area contributed by atoms with E-state index in [0.29, 0.717) is 12.3 Å². The zero-order valence-corrected chi connectivity index (χ0v) is 14.8. The fourth-order valence-corrected chi connectivity index (χ4v) is 3.13. The summed E-state index contributed by atoms with van der Waals surface area (Å²) in [6, 6.07) is 10.1. The minimum Gasteiger partial charge on any atom is -0.342 e. The van der Waals surface area contributed by atoms with E-state index in [0.717, 1.165) is 37.2 Å². The molecule has 2 atom stereocenters. The van der Waals surface area contributed by atoms with Gasteiger partial charge in [0.05, 0.1) is 18.3 Å². The van der Waals surface area contributed by atoms with Crippen LogP contribution in [0, 0.1) is 5.92 Å². The SMILES string of the molecule is CC(N)C1CCCN(C(=O)Cc2cnn(-c3ccccc3)c2)C1.Cl. The van der Waals surface area contributed by atoms with Crippen LogP contribution in [0.2, 0.25) is 0 Å². The highest BCUT2D eigenvalue weighted by molar-refractivity contribution is 5.85.